The smallest absolute Gasteiger partial charge is 0.122 e. The van der Waals surface area contributed by atoms with Crippen LogP contribution >= 0.6 is 0 Å². The molecule has 14 heavy (non-hydrogen) atoms. The van der Waals surface area contributed by atoms with E-state index in [0.29, 0.717) is 6.10 Å². The monoisotopic (exact) mass is 192 g/mol. The lowest BCUT2D eigenvalue weighted by atomic mass is 9.95. The van der Waals surface area contributed by atoms with Crippen molar-refractivity contribution in [3.05, 3.63) is 28.3 Å². The Balaban J connectivity index is 2.56. The Morgan fingerprint density at radius 1 is 1.29 bits per heavy atom. The van der Waals surface area contributed by atoms with Crippen molar-refractivity contribution in [3.63, 3.8) is 0 Å². The van der Waals surface area contributed by atoms with Gasteiger partial charge < -0.3 is 9.47 Å². The summed E-state index contributed by atoms with van der Waals surface area (Å²) in [4.78, 5) is 0. The molecule has 2 nitrogen and oxygen atoms in total. The molecule has 1 unspecified atom stereocenters. The number of aryl methyl sites for hydroxylation is 1. The van der Waals surface area contributed by atoms with E-state index < -0.39 is 0 Å². The fraction of sp³-hybridized carbons (Fsp3) is 0.500. The SMILES string of the molecule is COc1cc(C)c(C2CO2)c(C)c1C. The van der Waals surface area contributed by atoms with Crippen LogP contribution in [0.5, 0.6) is 5.75 Å². The molecule has 0 N–H and O–H groups in total. The van der Waals surface area contributed by atoms with Gasteiger partial charge in [0, 0.05) is 0 Å². The first-order valence-electron chi connectivity index (χ1n) is 4.91. The van der Waals surface area contributed by atoms with Crippen LogP contribution in [0.1, 0.15) is 28.4 Å². The van der Waals surface area contributed by atoms with Crippen molar-refractivity contribution in [1.82, 2.24) is 0 Å². The average molecular weight is 192 g/mol. The fourth-order valence-corrected chi connectivity index (χ4v) is 1.99. The van der Waals surface area contributed by atoms with Crippen molar-refractivity contribution in [2.24, 2.45) is 0 Å². The van der Waals surface area contributed by atoms with Gasteiger partial charge in [0.05, 0.1) is 13.7 Å². The number of hydrogen-bond acceptors (Lipinski definition) is 2. The van der Waals surface area contributed by atoms with Crippen LogP contribution in [0.4, 0.5) is 0 Å². The Morgan fingerprint density at radius 3 is 2.43 bits per heavy atom. The molecule has 0 aromatic heterocycles. The molecule has 1 aliphatic heterocycles. The number of epoxide rings is 1. The predicted molar refractivity (Wildman–Crippen MR) is 55.9 cm³/mol. The minimum atomic E-state index is 0.333. The summed E-state index contributed by atoms with van der Waals surface area (Å²) in [5.41, 5.74) is 5.16. The molecule has 0 aliphatic carbocycles. The molecule has 1 heterocycles. The molecule has 0 saturated carbocycles. The van der Waals surface area contributed by atoms with Crippen LogP contribution in [0.3, 0.4) is 0 Å². The molecule has 1 aliphatic rings. The zero-order valence-electron chi connectivity index (χ0n) is 9.18. The van der Waals surface area contributed by atoms with E-state index in [4.69, 9.17) is 9.47 Å². The van der Waals surface area contributed by atoms with E-state index in [2.05, 4.69) is 26.8 Å². The average Bonchev–Trinajstić information content (AvgIpc) is 2.95. The highest BCUT2D eigenvalue weighted by atomic mass is 16.6. The maximum atomic E-state index is 5.34. The second-order valence-corrected chi connectivity index (χ2v) is 3.88. The van der Waals surface area contributed by atoms with E-state index in [1.54, 1.807) is 7.11 Å². The zero-order valence-corrected chi connectivity index (χ0v) is 9.18. The van der Waals surface area contributed by atoms with Gasteiger partial charge in [-0.3, -0.25) is 0 Å². The van der Waals surface area contributed by atoms with Gasteiger partial charge in [-0.05, 0) is 49.1 Å². The molecule has 2 heteroatoms. The molecule has 1 atom stereocenters. The summed E-state index contributed by atoms with van der Waals surface area (Å²) < 4.78 is 10.7. The summed E-state index contributed by atoms with van der Waals surface area (Å²) in [5.74, 6) is 0.976. The largest absolute Gasteiger partial charge is 0.496 e. The van der Waals surface area contributed by atoms with Gasteiger partial charge in [-0.1, -0.05) is 0 Å². The highest BCUT2D eigenvalue weighted by Crippen LogP contribution is 2.38. The Labute approximate surface area is 84.8 Å². The molecule has 0 amide bonds. The van der Waals surface area contributed by atoms with E-state index in [9.17, 15) is 0 Å². The minimum Gasteiger partial charge on any atom is -0.496 e. The Morgan fingerprint density at radius 2 is 1.93 bits per heavy atom. The van der Waals surface area contributed by atoms with Gasteiger partial charge in [-0.25, -0.2) is 0 Å². The van der Waals surface area contributed by atoms with Crippen LogP contribution < -0.4 is 4.74 Å². The number of hydrogen-bond donors (Lipinski definition) is 0. The Hall–Kier alpha value is -1.02. The van der Waals surface area contributed by atoms with Gasteiger partial charge in [-0.2, -0.15) is 0 Å². The first-order chi connectivity index (χ1) is 6.65. The normalized spacial score (nSPS) is 19.6. The lowest BCUT2D eigenvalue weighted by molar-refractivity contribution is 0.405. The first kappa shape index (κ1) is 9.53. The summed E-state index contributed by atoms with van der Waals surface area (Å²) >= 11 is 0. The van der Waals surface area contributed by atoms with Gasteiger partial charge in [0.25, 0.3) is 0 Å². The van der Waals surface area contributed by atoms with E-state index in [0.717, 1.165) is 12.4 Å². The summed E-state index contributed by atoms with van der Waals surface area (Å²) in [6, 6.07) is 2.10. The molecule has 0 bridgehead atoms. The van der Waals surface area contributed by atoms with Crippen molar-refractivity contribution in [2.45, 2.75) is 26.9 Å². The second kappa shape index (κ2) is 3.28. The van der Waals surface area contributed by atoms with Gasteiger partial charge in [-0.15, -0.1) is 0 Å². The lowest BCUT2D eigenvalue weighted by Gasteiger charge is -2.14. The molecule has 1 fully saturated rings. The predicted octanol–water partition coefficient (Wildman–Crippen LogP) is 2.69. The number of ether oxygens (including phenoxy) is 2. The molecule has 76 valence electrons. The molecule has 0 spiro atoms. The Bertz CT molecular complexity index is 365. The van der Waals surface area contributed by atoms with Crippen molar-refractivity contribution in [3.8, 4) is 5.75 Å². The fourth-order valence-electron chi connectivity index (χ4n) is 1.99. The standard InChI is InChI=1S/C12H16O2/c1-7-5-10(13-4)8(2)9(3)12(7)11-6-14-11/h5,11H,6H2,1-4H3. The van der Waals surface area contributed by atoms with Crippen LogP contribution in [-0.2, 0) is 4.74 Å². The third kappa shape index (κ3) is 1.40. The maximum Gasteiger partial charge on any atom is 0.122 e. The third-order valence-corrected chi connectivity index (χ3v) is 2.98. The molecule has 2 rings (SSSR count). The van der Waals surface area contributed by atoms with Crippen LogP contribution in [0.2, 0.25) is 0 Å². The quantitative estimate of drug-likeness (QED) is 0.672. The second-order valence-electron chi connectivity index (χ2n) is 3.88. The summed E-state index contributed by atoms with van der Waals surface area (Å²) in [6.45, 7) is 7.22. The summed E-state index contributed by atoms with van der Waals surface area (Å²) in [5, 5.41) is 0. The van der Waals surface area contributed by atoms with Gasteiger partial charge in [0.15, 0.2) is 0 Å². The van der Waals surface area contributed by atoms with E-state index >= 15 is 0 Å². The van der Waals surface area contributed by atoms with Crippen LogP contribution in [0, 0.1) is 20.8 Å². The van der Waals surface area contributed by atoms with Crippen LogP contribution in [0.15, 0.2) is 6.07 Å². The van der Waals surface area contributed by atoms with Crippen molar-refractivity contribution < 1.29 is 9.47 Å². The van der Waals surface area contributed by atoms with Crippen LogP contribution in [0.25, 0.3) is 0 Å². The van der Waals surface area contributed by atoms with E-state index in [1.165, 1.54) is 22.3 Å². The zero-order chi connectivity index (χ0) is 10.3. The lowest BCUT2D eigenvalue weighted by Crippen LogP contribution is -1.98. The molecule has 1 aromatic rings. The molecule has 0 radical (unpaired) electrons. The van der Waals surface area contributed by atoms with E-state index in [1.807, 2.05) is 0 Å². The topological polar surface area (TPSA) is 21.8 Å². The molecular formula is C12H16O2. The first-order valence-corrected chi connectivity index (χ1v) is 4.91. The molecular weight excluding hydrogens is 176 g/mol. The van der Waals surface area contributed by atoms with Crippen molar-refractivity contribution in [1.29, 1.82) is 0 Å². The minimum absolute atomic E-state index is 0.333. The van der Waals surface area contributed by atoms with Gasteiger partial charge in [0.1, 0.15) is 11.9 Å². The number of rotatable bonds is 2. The summed E-state index contributed by atoms with van der Waals surface area (Å²) in [7, 11) is 1.72. The Kier molecular flexibility index (Phi) is 2.23. The van der Waals surface area contributed by atoms with Crippen molar-refractivity contribution in [2.75, 3.05) is 13.7 Å². The molecule has 1 aromatic carbocycles. The third-order valence-electron chi connectivity index (χ3n) is 2.98. The van der Waals surface area contributed by atoms with Crippen molar-refractivity contribution >= 4 is 0 Å². The highest BCUT2D eigenvalue weighted by Gasteiger charge is 2.29. The maximum absolute atomic E-state index is 5.34. The van der Waals surface area contributed by atoms with Gasteiger partial charge in [0.2, 0.25) is 0 Å². The van der Waals surface area contributed by atoms with Gasteiger partial charge >= 0.3 is 0 Å². The number of methoxy groups -OCH3 is 1. The molecule has 1 saturated heterocycles. The number of benzene rings is 1. The summed E-state index contributed by atoms with van der Waals surface area (Å²) in [6.07, 6.45) is 0.333. The highest BCUT2D eigenvalue weighted by molar-refractivity contribution is 5.49. The van der Waals surface area contributed by atoms with E-state index in [-0.39, 0.29) is 0 Å². The van der Waals surface area contributed by atoms with Crippen LogP contribution in [-0.4, -0.2) is 13.7 Å².